The fourth-order valence-corrected chi connectivity index (χ4v) is 1.58. The van der Waals surface area contributed by atoms with Crippen LogP contribution in [0.3, 0.4) is 0 Å². The van der Waals surface area contributed by atoms with Crippen LogP contribution in [0.2, 0.25) is 0 Å². The van der Waals surface area contributed by atoms with Gasteiger partial charge in [0, 0.05) is 11.6 Å². The highest BCUT2D eigenvalue weighted by Crippen LogP contribution is 2.26. The molecular formula is C7H14N2O2. The third kappa shape index (κ3) is 1.83. The maximum atomic E-state index is 10.3. The van der Waals surface area contributed by atoms with Gasteiger partial charge in [-0.25, -0.2) is 4.79 Å². The smallest absolute Gasteiger partial charge is 0.404 e. The van der Waals surface area contributed by atoms with Gasteiger partial charge in [-0.05, 0) is 26.2 Å². The van der Waals surface area contributed by atoms with E-state index in [1.165, 1.54) is 0 Å². The number of amides is 1. The largest absolute Gasteiger partial charge is 0.465 e. The molecule has 1 amide bonds. The molecule has 1 aliphatic carbocycles. The molecule has 1 saturated carbocycles. The fraction of sp³-hybridized carbons (Fsp3) is 0.857. The Balaban J connectivity index is 2.51. The molecule has 1 rings (SSSR count). The lowest BCUT2D eigenvalue weighted by Gasteiger charge is -2.26. The maximum absolute atomic E-state index is 10.3. The van der Waals surface area contributed by atoms with Gasteiger partial charge >= 0.3 is 6.09 Å². The van der Waals surface area contributed by atoms with Crippen LogP contribution in [0.15, 0.2) is 0 Å². The lowest BCUT2D eigenvalue weighted by molar-refractivity contribution is 0.185. The summed E-state index contributed by atoms with van der Waals surface area (Å²) in [6.07, 6.45) is 1.79. The number of nitrogens with one attached hydrogen (secondary N) is 1. The first-order valence-corrected chi connectivity index (χ1v) is 3.81. The van der Waals surface area contributed by atoms with Crippen molar-refractivity contribution in [2.45, 2.75) is 37.8 Å². The second-order valence-electron chi connectivity index (χ2n) is 3.40. The van der Waals surface area contributed by atoms with Crippen LogP contribution in [0.5, 0.6) is 0 Å². The summed E-state index contributed by atoms with van der Waals surface area (Å²) in [5.41, 5.74) is 5.50. The molecule has 64 valence electrons. The third-order valence-corrected chi connectivity index (χ3v) is 2.30. The van der Waals surface area contributed by atoms with Crippen molar-refractivity contribution < 1.29 is 9.90 Å². The first-order chi connectivity index (χ1) is 5.02. The molecule has 0 spiro atoms. The summed E-state index contributed by atoms with van der Waals surface area (Å²) in [6.45, 7) is 1.89. The number of hydrogen-bond donors (Lipinski definition) is 3. The van der Waals surface area contributed by atoms with Gasteiger partial charge in [0.1, 0.15) is 0 Å². The standard InChI is InChI=1S/C7H14N2O2/c1-7(8)4-2-3-5(7)9-6(10)11/h5,9H,2-4,8H2,1H3,(H,10,11). The minimum absolute atomic E-state index is 0.0694. The molecule has 0 saturated heterocycles. The van der Waals surface area contributed by atoms with Crippen LogP contribution in [-0.2, 0) is 0 Å². The molecule has 4 heteroatoms. The van der Waals surface area contributed by atoms with Crippen molar-refractivity contribution in [1.82, 2.24) is 5.32 Å². The van der Waals surface area contributed by atoms with Gasteiger partial charge in [0.15, 0.2) is 0 Å². The van der Waals surface area contributed by atoms with E-state index in [0.29, 0.717) is 0 Å². The van der Waals surface area contributed by atoms with E-state index in [2.05, 4.69) is 5.32 Å². The van der Waals surface area contributed by atoms with Gasteiger partial charge in [-0.3, -0.25) is 0 Å². The summed E-state index contributed by atoms with van der Waals surface area (Å²) in [6, 6.07) is -0.0694. The van der Waals surface area contributed by atoms with E-state index in [-0.39, 0.29) is 11.6 Å². The van der Waals surface area contributed by atoms with E-state index in [4.69, 9.17) is 10.8 Å². The Morgan fingerprint density at radius 2 is 2.45 bits per heavy atom. The molecule has 0 aromatic rings. The molecule has 0 aromatic carbocycles. The average molecular weight is 158 g/mol. The van der Waals surface area contributed by atoms with Gasteiger partial charge in [0.2, 0.25) is 0 Å². The van der Waals surface area contributed by atoms with Gasteiger partial charge in [-0.2, -0.15) is 0 Å². The highest BCUT2D eigenvalue weighted by Gasteiger charge is 2.35. The maximum Gasteiger partial charge on any atom is 0.404 e. The topological polar surface area (TPSA) is 75.3 Å². The Kier molecular flexibility index (Phi) is 2.04. The Morgan fingerprint density at radius 1 is 1.82 bits per heavy atom. The van der Waals surface area contributed by atoms with Crippen molar-refractivity contribution in [3.05, 3.63) is 0 Å². The van der Waals surface area contributed by atoms with Crippen molar-refractivity contribution in [2.24, 2.45) is 5.73 Å². The number of hydrogen-bond acceptors (Lipinski definition) is 2. The summed E-state index contributed by atoms with van der Waals surface area (Å²) in [5, 5.41) is 10.9. The second-order valence-corrected chi connectivity index (χ2v) is 3.40. The van der Waals surface area contributed by atoms with Crippen LogP contribution < -0.4 is 11.1 Å². The summed E-state index contributed by atoms with van der Waals surface area (Å²) in [7, 11) is 0. The van der Waals surface area contributed by atoms with Crippen LogP contribution in [0, 0.1) is 0 Å². The van der Waals surface area contributed by atoms with E-state index in [1.54, 1.807) is 0 Å². The minimum Gasteiger partial charge on any atom is -0.465 e. The zero-order valence-electron chi connectivity index (χ0n) is 6.63. The van der Waals surface area contributed by atoms with Gasteiger partial charge in [0.25, 0.3) is 0 Å². The second kappa shape index (κ2) is 2.70. The normalized spacial score (nSPS) is 37.1. The summed E-state index contributed by atoms with van der Waals surface area (Å²) >= 11 is 0. The molecule has 0 aromatic heterocycles. The van der Waals surface area contributed by atoms with Crippen LogP contribution in [-0.4, -0.2) is 22.8 Å². The number of carboxylic acid groups (broad SMARTS) is 1. The predicted molar refractivity (Wildman–Crippen MR) is 41.4 cm³/mol. The Morgan fingerprint density at radius 3 is 2.82 bits per heavy atom. The molecule has 0 heterocycles. The zero-order chi connectivity index (χ0) is 8.48. The molecule has 2 unspecified atom stereocenters. The highest BCUT2D eigenvalue weighted by atomic mass is 16.4. The molecule has 0 bridgehead atoms. The lowest BCUT2D eigenvalue weighted by atomic mass is 9.98. The van der Waals surface area contributed by atoms with Crippen molar-refractivity contribution in [1.29, 1.82) is 0 Å². The molecular weight excluding hydrogens is 144 g/mol. The predicted octanol–water partition coefficient (Wildman–Crippen LogP) is 0.524. The van der Waals surface area contributed by atoms with Crippen molar-refractivity contribution in [2.75, 3.05) is 0 Å². The first kappa shape index (κ1) is 8.33. The van der Waals surface area contributed by atoms with Crippen LogP contribution in [0.25, 0.3) is 0 Å². The Bertz CT molecular complexity index is 168. The van der Waals surface area contributed by atoms with E-state index in [1.807, 2.05) is 6.92 Å². The first-order valence-electron chi connectivity index (χ1n) is 3.81. The molecule has 4 N–H and O–H groups in total. The van der Waals surface area contributed by atoms with E-state index in [0.717, 1.165) is 19.3 Å². The fourth-order valence-electron chi connectivity index (χ4n) is 1.58. The summed E-state index contributed by atoms with van der Waals surface area (Å²) < 4.78 is 0. The number of carbonyl (C=O) groups is 1. The zero-order valence-corrected chi connectivity index (χ0v) is 6.63. The lowest BCUT2D eigenvalue weighted by Crippen LogP contribution is -2.52. The van der Waals surface area contributed by atoms with Gasteiger partial charge < -0.3 is 16.2 Å². The van der Waals surface area contributed by atoms with Crippen LogP contribution in [0.4, 0.5) is 4.79 Å². The van der Waals surface area contributed by atoms with Gasteiger partial charge in [-0.15, -0.1) is 0 Å². The quantitative estimate of drug-likeness (QED) is 0.521. The van der Waals surface area contributed by atoms with E-state index >= 15 is 0 Å². The molecule has 1 fully saturated rings. The monoisotopic (exact) mass is 158 g/mol. The van der Waals surface area contributed by atoms with E-state index in [9.17, 15) is 4.79 Å². The van der Waals surface area contributed by atoms with Gasteiger partial charge in [0.05, 0.1) is 0 Å². The van der Waals surface area contributed by atoms with Crippen molar-refractivity contribution in [3.8, 4) is 0 Å². The van der Waals surface area contributed by atoms with Crippen LogP contribution >= 0.6 is 0 Å². The number of nitrogens with two attached hydrogens (primary N) is 1. The average Bonchev–Trinajstić information content (AvgIpc) is 2.10. The Hall–Kier alpha value is -0.770. The molecule has 0 radical (unpaired) electrons. The summed E-state index contributed by atoms with van der Waals surface area (Å²) in [4.78, 5) is 10.3. The van der Waals surface area contributed by atoms with Gasteiger partial charge in [-0.1, -0.05) is 0 Å². The summed E-state index contributed by atoms with van der Waals surface area (Å²) in [5.74, 6) is 0. The van der Waals surface area contributed by atoms with Crippen molar-refractivity contribution in [3.63, 3.8) is 0 Å². The third-order valence-electron chi connectivity index (χ3n) is 2.30. The van der Waals surface area contributed by atoms with Crippen molar-refractivity contribution >= 4 is 6.09 Å². The molecule has 11 heavy (non-hydrogen) atoms. The molecule has 1 aliphatic rings. The van der Waals surface area contributed by atoms with E-state index < -0.39 is 6.09 Å². The molecule has 2 atom stereocenters. The minimum atomic E-state index is -0.978. The molecule has 4 nitrogen and oxygen atoms in total. The highest BCUT2D eigenvalue weighted by molar-refractivity contribution is 5.65. The van der Waals surface area contributed by atoms with Crippen LogP contribution in [0.1, 0.15) is 26.2 Å². The SMILES string of the molecule is CC1(N)CCCC1NC(=O)O. The Labute approximate surface area is 65.8 Å². The molecule has 0 aliphatic heterocycles. The number of rotatable bonds is 1.